The lowest BCUT2D eigenvalue weighted by Crippen LogP contribution is -2.22. The normalized spacial score (nSPS) is 13.6. The van der Waals surface area contributed by atoms with E-state index in [0.29, 0.717) is 0 Å². The maximum absolute atomic E-state index is 8.68. The highest BCUT2D eigenvalue weighted by Gasteiger charge is 1.94. The molecule has 0 radical (unpaired) electrons. The second-order valence-corrected chi connectivity index (χ2v) is 3.85. The summed E-state index contributed by atoms with van der Waals surface area (Å²) in [5, 5.41) is 8.68. The Morgan fingerprint density at radius 3 is 2.50 bits per heavy atom. The molecule has 0 aliphatic heterocycles. The van der Waals surface area contributed by atoms with Gasteiger partial charge < -0.3 is 10.8 Å². The van der Waals surface area contributed by atoms with E-state index in [1.54, 1.807) is 0 Å². The van der Waals surface area contributed by atoms with Crippen LogP contribution < -0.4 is 5.73 Å². The predicted molar refractivity (Wildman–Crippen MR) is 62.2 cm³/mol. The van der Waals surface area contributed by atoms with E-state index in [1.807, 2.05) is 0 Å². The molecule has 1 atom stereocenters. The first-order valence-corrected chi connectivity index (χ1v) is 5.82. The Kier molecular flexibility index (Phi) is 10.5. The van der Waals surface area contributed by atoms with Crippen LogP contribution in [-0.2, 0) is 0 Å². The van der Waals surface area contributed by atoms with Crippen LogP contribution in [0.25, 0.3) is 0 Å². The molecule has 0 heterocycles. The van der Waals surface area contributed by atoms with Crippen molar-refractivity contribution in [2.45, 2.75) is 57.9 Å². The largest absolute Gasteiger partial charge is 0.395 e. The molecule has 2 heteroatoms. The fourth-order valence-corrected chi connectivity index (χ4v) is 1.33. The van der Waals surface area contributed by atoms with Gasteiger partial charge in [0.05, 0.1) is 6.61 Å². The van der Waals surface area contributed by atoms with Crippen LogP contribution >= 0.6 is 0 Å². The summed E-state index contributed by atoms with van der Waals surface area (Å²) in [6.07, 6.45) is 12.9. The molecule has 0 aliphatic rings. The number of hydrogen-bond donors (Lipinski definition) is 2. The lowest BCUT2D eigenvalue weighted by Gasteiger charge is -2.02. The summed E-state index contributed by atoms with van der Waals surface area (Å²) < 4.78 is 0. The van der Waals surface area contributed by atoms with E-state index in [2.05, 4.69) is 19.1 Å². The van der Waals surface area contributed by atoms with E-state index < -0.39 is 0 Å². The quantitative estimate of drug-likeness (QED) is 0.443. The minimum atomic E-state index is -0.0775. The Bertz CT molecular complexity index is 134. The van der Waals surface area contributed by atoms with Gasteiger partial charge in [0.1, 0.15) is 0 Å². The van der Waals surface area contributed by atoms with Crippen molar-refractivity contribution in [3.8, 4) is 0 Å². The Hall–Kier alpha value is -0.340. The van der Waals surface area contributed by atoms with Gasteiger partial charge in [-0.15, -0.1) is 0 Å². The van der Waals surface area contributed by atoms with Crippen molar-refractivity contribution in [1.82, 2.24) is 0 Å². The fourth-order valence-electron chi connectivity index (χ4n) is 1.33. The van der Waals surface area contributed by atoms with Crippen molar-refractivity contribution in [3.63, 3.8) is 0 Å². The molecule has 0 fully saturated rings. The van der Waals surface area contributed by atoms with Crippen LogP contribution in [0.3, 0.4) is 0 Å². The van der Waals surface area contributed by atoms with Gasteiger partial charge in [-0.3, -0.25) is 0 Å². The van der Waals surface area contributed by atoms with Gasteiger partial charge in [-0.25, -0.2) is 0 Å². The summed E-state index contributed by atoms with van der Waals surface area (Å²) in [6, 6.07) is -0.0775. The molecule has 3 N–H and O–H groups in total. The highest BCUT2D eigenvalue weighted by Crippen LogP contribution is 2.05. The third-order valence-corrected chi connectivity index (χ3v) is 2.31. The van der Waals surface area contributed by atoms with Crippen molar-refractivity contribution in [1.29, 1.82) is 0 Å². The average molecular weight is 199 g/mol. The zero-order chi connectivity index (χ0) is 10.6. The number of nitrogens with two attached hydrogens (primary N) is 1. The highest BCUT2D eigenvalue weighted by atomic mass is 16.3. The average Bonchev–Trinajstić information content (AvgIpc) is 2.21. The standard InChI is InChI=1S/C12H25NO/c1-2-3-4-5-6-7-8-9-10-12(13)11-14/h8-9,12,14H,2-7,10-11,13H2,1H3/b9-8+. The maximum Gasteiger partial charge on any atom is 0.0585 e. The van der Waals surface area contributed by atoms with Crippen LogP contribution in [0.2, 0.25) is 0 Å². The van der Waals surface area contributed by atoms with Crippen molar-refractivity contribution < 1.29 is 5.11 Å². The molecule has 2 nitrogen and oxygen atoms in total. The lowest BCUT2D eigenvalue weighted by atomic mass is 10.1. The zero-order valence-electron chi connectivity index (χ0n) is 9.41. The third-order valence-electron chi connectivity index (χ3n) is 2.31. The molecule has 14 heavy (non-hydrogen) atoms. The molecule has 0 spiro atoms. The molecule has 0 aromatic carbocycles. The van der Waals surface area contributed by atoms with E-state index in [1.165, 1.54) is 32.1 Å². The predicted octanol–water partition coefficient (Wildman–Crippen LogP) is 2.61. The van der Waals surface area contributed by atoms with E-state index in [4.69, 9.17) is 10.8 Å². The molecule has 0 rings (SSSR count). The van der Waals surface area contributed by atoms with Gasteiger partial charge in [-0.2, -0.15) is 0 Å². The minimum absolute atomic E-state index is 0.0775. The van der Waals surface area contributed by atoms with Crippen molar-refractivity contribution in [2.24, 2.45) is 5.73 Å². The van der Waals surface area contributed by atoms with E-state index in [-0.39, 0.29) is 12.6 Å². The first-order chi connectivity index (χ1) is 6.81. The van der Waals surface area contributed by atoms with E-state index in [0.717, 1.165) is 12.8 Å². The first-order valence-electron chi connectivity index (χ1n) is 5.82. The second-order valence-electron chi connectivity index (χ2n) is 3.85. The van der Waals surface area contributed by atoms with Crippen LogP contribution in [0.5, 0.6) is 0 Å². The molecule has 0 saturated carbocycles. The molecular formula is C12H25NO. The van der Waals surface area contributed by atoms with Crippen LogP contribution in [0.1, 0.15) is 51.9 Å². The first kappa shape index (κ1) is 13.7. The van der Waals surface area contributed by atoms with Gasteiger partial charge in [-0.05, 0) is 19.3 Å². The van der Waals surface area contributed by atoms with E-state index in [9.17, 15) is 0 Å². The Morgan fingerprint density at radius 2 is 1.86 bits per heavy atom. The number of aliphatic hydroxyl groups excluding tert-OH is 1. The molecule has 0 amide bonds. The molecular weight excluding hydrogens is 174 g/mol. The van der Waals surface area contributed by atoms with Gasteiger partial charge in [0.2, 0.25) is 0 Å². The SMILES string of the molecule is CCCCCCC/C=C/CC(N)CO. The summed E-state index contributed by atoms with van der Waals surface area (Å²) in [5.74, 6) is 0. The molecule has 1 unspecified atom stereocenters. The van der Waals surface area contributed by atoms with Crippen LogP contribution in [0.15, 0.2) is 12.2 Å². The van der Waals surface area contributed by atoms with E-state index >= 15 is 0 Å². The maximum atomic E-state index is 8.68. The van der Waals surface area contributed by atoms with Gasteiger partial charge in [0.25, 0.3) is 0 Å². The van der Waals surface area contributed by atoms with Gasteiger partial charge >= 0.3 is 0 Å². The van der Waals surface area contributed by atoms with Gasteiger partial charge in [0.15, 0.2) is 0 Å². The summed E-state index contributed by atoms with van der Waals surface area (Å²) in [7, 11) is 0. The molecule has 0 aromatic rings. The van der Waals surface area contributed by atoms with Crippen LogP contribution in [0, 0.1) is 0 Å². The highest BCUT2D eigenvalue weighted by molar-refractivity contribution is 4.85. The number of unbranched alkanes of at least 4 members (excludes halogenated alkanes) is 5. The molecule has 0 aliphatic carbocycles. The molecule has 0 bridgehead atoms. The Balaban J connectivity index is 3.10. The molecule has 84 valence electrons. The van der Waals surface area contributed by atoms with Crippen molar-refractivity contribution in [3.05, 3.63) is 12.2 Å². The minimum Gasteiger partial charge on any atom is -0.395 e. The topological polar surface area (TPSA) is 46.2 Å². The summed E-state index contributed by atoms with van der Waals surface area (Å²) >= 11 is 0. The number of rotatable bonds is 9. The fraction of sp³-hybridized carbons (Fsp3) is 0.833. The second kappa shape index (κ2) is 10.7. The monoisotopic (exact) mass is 199 g/mol. The number of allylic oxidation sites excluding steroid dienone is 1. The molecule has 0 saturated heterocycles. The molecule has 0 aromatic heterocycles. The van der Waals surface area contributed by atoms with Crippen molar-refractivity contribution >= 4 is 0 Å². The zero-order valence-corrected chi connectivity index (χ0v) is 9.41. The van der Waals surface area contributed by atoms with Crippen LogP contribution in [-0.4, -0.2) is 17.8 Å². The number of hydrogen-bond acceptors (Lipinski definition) is 2. The summed E-state index contributed by atoms with van der Waals surface area (Å²) in [4.78, 5) is 0. The lowest BCUT2D eigenvalue weighted by molar-refractivity contribution is 0.266. The number of aliphatic hydroxyl groups is 1. The summed E-state index contributed by atoms with van der Waals surface area (Å²) in [6.45, 7) is 2.32. The van der Waals surface area contributed by atoms with Crippen molar-refractivity contribution in [2.75, 3.05) is 6.61 Å². The summed E-state index contributed by atoms with van der Waals surface area (Å²) in [5.41, 5.74) is 5.55. The van der Waals surface area contributed by atoms with Gasteiger partial charge in [-0.1, -0.05) is 44.8 Å². The third kappa shape index (κ3) is 9.75. The smallest absolute Gasteiger partial charge is 0.0585 e. The van der Waals surface area contributed by atoms with Gasteiger partial charge in [0, 0.05) is 6.04 Å². The Labute approximate surface area is 88.2 Å². The van der Waals surface area contributed by atoms with Crippen LogP contribution in [0.4, 0.5) is 0 Å². The Morgan fingerprint density at radius 1 is 1.14 bits per heavy atom.